The van der Waals surface area contributed by atoms with E-state index in [2.05, 4.69) is 4.98 Å². The minimum absolute atomic E-state index is 0.0812. The van der Waals surface area contributed by atoms with Crippen molar-refractivity contribution in [3.63, 3.8) is 0 Å². The van der Waals surface area contributed by atoms with Crippen LogP contribution in [0.2, 0.25) is 0 Å². The Labute approximate surface area is 111 Å². The summed E-state index contributed by atoms with van der Waals surface area (Å²) in [6, 6.07) is 4.38. The Morgan fingerprint density at radius 1 is 1.26 bits per heavy atom. The Kier molecular flexibility index (Phi) is 2.68. The van der Waals surface area contributed by atoms with Crippen LogP contribution in [-0.4, -0.2) is 20.3 Å². The van der Waals surface area contributed by atoms with Crippen molar-refractivity contribution in [3.8, 4) is 22.8 Å². The number of phenols is 2. The fourth-order valence-electron chi connectivity index (χ4n) is 2.76. The van der Waals surface area contributed by atoms with Crippen molar-refractivity contribution in [2.24, 2.45) is 0 Å². The van der Waals surface area contributed by atoms with Crippen molar-refractivity contribution in [2.75, 3.05) is 0 Å². The highest BCUT2D eigenvalue weighted by Crippen LogP contribution is 2.41. The molecule has 19 heavy (non-hydrogen) atoms. The minimum atomic E-state index is -0.462. The topological polar surface area (TPSA) is 73.6 Å². The van der Waals surface area contributed by atoms with E-state index in [1.165, 1.54) is 18.2 Å². The third-order valence-corrected chi connectivity index (χ3v) is 3.66. The molecule has 0 spiro atoms. The van der Waals surface area contributed by atoms with Crippen molar-refractivity contribution in [1.29, 1.82) is 0 Å². The lowest BCUT2D eigenvalue weighted by molar-refractivity contribution is 0.179. The van der Waals surface area contributed by atoms with E-state index in [1.54, 1.807) is 6.20 Å². The second-order valence-electron chi connectivity index (χ2n) is 4.94. The molecule has 0 bridgehead atoms. The van der Waals surface area contributed by atoms with Gasteiger partial charge in [0, 0.05) is 11.8 Å². The number of nitrogens with zero attached hydrogens (tertiary/aromatic N) is 1. The monoisotopic (exact) mass is 257 g/mol. The van der Waals surface area contributed by atoms with E-state index in [9.17, 15) is 15.3 Å². The Balaban J connectivity index is 2.25. The van der Waals surface area contributed by atoms with Crippen LogP contribution < -0.4 is 0 Å². The number of aryl methyl sites for hydroxylation is 1. The van der Waals surface area contributed by atoms with Gasteiger partial charge in [-0.15, -0.1) is 0 Å². The second kappa shape index (κ2) is 4.24. The van der Waals surface area contributed by atoms with Gasteiger partial charge in [-0.05, 0) is 54.7 Å². The first kappa shape index (κ1) is 12.0. The molecule has 0 saturated heterocycles. The van der Waals surface area contributed by atoms with Crippen molar-refractivity contribution < 1.29 is 15.3 Å². The number of hydrogen-bond acceptors (Lipinski definition) is 4. The van der Waals surface area contributed by atoms with Crippen molar-refractivity contribution >= 4 is 0 Å². The van der Waals surface area contributed by atoms with E-state index in [4.69, 9.17) is 0 Å². The van der Waals surface area contributed by atoms with E-state index >= 15 is 0 Å². The minimum Gasteiger partial charge on any atom is -0.508 e. The third-order valence-electron chi connectivity index (χ3n) is 3.66. The summed E-state index contributed by atoms with van der Waals surface area (Å²) in [6.45, 7) is 1.92. The van der Waals surface area contributed by atoms with Gasteiger partial charge in [0.05, 0.1) is 11.8 Å². The van der Waals surface area contributed by atoms with Crippen molar-refractivity contribution in [1.82, 2.24) is 4.98 Å². The molecule has 1 aliphatic rings. The van der Waals surface area contributed by atoms with E-state index in [-0.39, 0.29) is 11.5 Å². The molecule has 4 nitrogen and oxygen atoms in total. The smallest absolute Gasteiger partial charge is 0.125 e. The van der Waals surface area contributed by atoms with Crippen LogP contribution in [0.4, 0.5) is 0 Å². The molecule has 1 unspecified atom stereocenters. The quantitative estimate of drug-likeness (QED) is 0.686. The molecule has 0 aliphatic heterocycles. The van der Waals surface area contributed by atoms with Crippen molar-refractivity contribution in [2.45, 2.75) is 25.9 Å². The van der Waals surface area contributed by atoms with Gasteiger partial charge in [-0.25, -0.2) is 0 Å². The fourth-order valence-corrected chi connectivity index (χ4v) is 2.76. The van der Waals surface area contributed by atoms with Gasteiger partial charge in [0.25, 0.3) is 0 Å². The lowest BCUT2D eigenvalue weighted by atomic mass is 9.99. The number of phenolic OH excluding ortho intramolecular Hbond substituents is 2. The normalized spacial score (nSPS) is 17.5. The first-order valence-electron chi connectivity index (χ1n) is 6.26. The number of rotatable bonds is 1. The number of fused-ring (bicyclic) bond motifs is 1. The average Bonchev–Trinajstić information content (AvgIpc) is 2.77. The second-order valence-corrected chi connectivity index (χ2v) is 4.94. The molecule has 0 amide bonds. The van der Waals surface area contributed by atoms with E-state index < -0.39 is 6.10 Å². The predicted molar refractivity (Wildman–Crippen MR) is 71.0 cm³/mol. The third kappa shape index (κ3) is 1.85. The highest BCUT2D eigenvalue weighted by molar-refractivity contribution is 5.73. The lowest BCUT2D eigenvalue weighted by Gasteiger charge is -2.13. The number of aliphatic hydroxyl groups excluding tert-OH is 1. The van der Waals surface area contributed by atoms with E-state index in [1.807, 2.05) is 6.92 Å². The molecular formula is C15H15NO3. The largest absolute Gasteiger partial charge is 0.508 e. The molecule has 1 aromatic heterocycles. The summed E-state index contributed by atoms with van der Waals surface area (Å²) in [5.74, 6) is 0.167. The molecule has 1 atom stereocenters. The van der Waals surface area contributed by atoms with Crippen LogP contribution in [0.3, 0.4) is 0 Å². The SMILES string of the molecule is Cc1cnc(-c2cc(O)ccc2O)c2c1C(O)CC2. The molecule has 4 heteroatoms. The molecule has 1 aromatic carbocycles. The zero-order chi connectivity index (χ0) is 13.6. The van der Waals surface area contributed by atoms with Gasteiger partial charge in [0.2, 0.25) is 0 Å². The molecule has 0 saturated carbocycles. The molecule has 2 aromatic rings. The van der Waals surface area contributed by atoms with Crippen LogP contribution in [0.25, 0.3) is 11.3 Å². The molecule has 98 valence electrons. The Bertz CT molecular complexity index is 652. The van der Waals surface area contributed by atoms with E-state index in [0.29, 0.717) is 17.7 Å². The summed E-state index contributed by atoms with van der Waals surface area (Å²) in [7, 11) is 0. The predicted octanol–water partition coefficient (Wildman–Crippen LogP) is 2.45. The first-order valence-corrected chi connectivity index (χ1v) is 6.26. The number of pyridine rings is 1. The number of hydrogen-bond donors (Lipinski definition) is 3. The van der Waals surface area contributed by atoms with Gasteiger partial charge >= 0.3 is 0 Å². The van der Waals surface area contributed by atoms with Crippen LogP contribution in [-0.2, 0) is 6.42 Å². The van der Waals surface area contributed by atoms with Gasteiger partial charge < -0.3 is 15.3 Å². The zero-order valence-electron chi connectivity index (χ0n) is 10.6. The Morgan fingerprint density at radius 3 is 2.84 bits per heavy atom. The average molecular weight is 257 g/mol. The van der Waals surface area contributed by atoms with Crippen LogP contribution >= 0.6 is 0 Å². The number of benzene rings is 1. The zero-order valence-corrected chi connectivity index (χ0v) is 10.6. The van der Waals surface area contributed by atoms with Gasteiger partial charge in [-0.3, -0.25) is 4.98 Å². The molecule has 0 radical (unpaired) electrons. The molecular weight excluding hydrogens is 242 g/mol. The summed E-state index contributed by atoms with van der Waals surface area (Å²) in [5, 5.41) is 29.5. The Morgan fingerprint density at radius 2 is 2.05 bits per heavy atom. The van der Waals surface area contributed by atoms with Gasteiger partial charge in [-0.2, -0.15) is 0 Å². The number of aromatic hydroxyl groups is 2. The van der Waals surface area contributed by atoms with Gasteiger partial charge in [0.15, 0.2) is 0 Å². The first-order chi connectivity index (χ1) is 9.08. The maximum atomic E-state index is 10.0. The maximum Gasteiger partial charge on any atom is 0.125 e. The molecule has 0 fully saturated rings. The summed E-state index contributed by atoms with van der Waals surface area (Å²) >= 11 is 0. The standard InChI is InChI=1S/C15H15NO3/c1-8-7-16-15(10-3-5-13(19)14(8)10)11-6-9(17)2-4-12(11)18/h2,4,6-7,13,17-19H,3,5H2,1H3. The molecule has 3 N–H and O–H groups in total. The van der Waals surface area contributed by atoms with Gasteiger partial charge in [-0.1, -0.05) is 0 Å². The lowest BCUT2D eigenvalue weighted by Crippen LogP contribution is -1.98. The number of aliphatic hydroxyl groups is 1. The van der Waals surface area contributed by atoms with Crippen LogP contribution in [0.1, 0.15) is 29.2 Å². The van der Waals surface area contributed by atoms with Crippen LogP contribution in [0.5, 0.6) is 11.5 Å². The summed E-state index contributed by atoms with van der Waals surface area (Å²) < 4.78 is 0. The number of aromatic nitrogens is 1. The maximum absolute atomic E-state index is 10.0. The van der Waals surface area contributed by atoms with Crippen molar-refractivity contribution in [3.05, 3.63) is 41.1 Å². The van der Waals surface area contributed by atoms with Crippen LogP contribution in [0.15, 0.2) is 24.4 Å². The summed E-state index contributed by atoms with van der Waals surface area (Å²) in [4.78, 5) is 4.37. The molecule has 3 rings (SSSR count). The summed E-state index contributed by atoms with van der Waals surface area (Å²) in [6.07, 6.45) is 2.65. The van der Waals surface area contributed by atoms with E-state index in [0.717, 1.165) is 23.1 Å². The van der Waals surface area contributed by atoms with Crippen LogP contribution in [0, 0.1) is 6.92 Å². The molecule has 1 heterocycles. The highest BCUT2D eigenvalue weighted by atomic mass is 16.3. The molecule has 1 aliphatic carbocycles. The summed E-state index contributed by atoms with van der Waals surface area (Å²) in [5.41, 5.74) is 3.99. The Hall–Kier alpha value is -2.07. The van der Waals surface area contributed by atoms with Gasteiger partial charge in [0.1, 0.15) is 11.5 Å². The highest BCUT2D eigenvalue weighted by Gasteiger charge is 2.27. The fraction of sp³-hybridized carbons (Fsp3) is 0.267.